The normalized spacial score (nSPS) is 11.5. The first-order valence-electron chi connectivity index (χ1n) is 11.1. The van der Waals surface area contributed by atoms with Crippen molar-refractivity contribution in [3.05, 3.63) is 107 Å². The summed E-state index contributed by atoms with van der Waals surface area (Å²) < 4.78 is 8.21. The SMILES string of the molecule is Cc1cccc(COc2c(Br)cc(C=Nn3c(C(C)C)nc4ccc(Br)cc4c3=O)cc2[N+](=O)[O-])c1. The largest absolute Gasteiger partial charge is 0.481 e. The fourth-order valence-electron chi connectivity index (χ4n) is 3.69. The van der Waals surface area contributed by atoms with Crippen LogP contribution in [0.3, 0.4) is 0 Å². The van der Waals surface area contributed by atoms with E-state index in [1.807, 2.05) is 51.1 Å². The molecule has 0 bridgehead atoms. The fourth-order valence-corrected chi connectivity index (χ4v) is 4.63. The van der Waals surface area contributed by atoms with Crippen LogP contribution in [0.25, 0.3) is 10.9 Å². The standard InChI is InChI=1S/C26H22Br2N4O4/c1-15(2)25-30-22-8-7-19(27)12-20(22)26(33)31(25)29-13-18-10-21(28)24(23(11-18)32(34)35)36-14-17-6-4-5-16(3)9-17/h4-13,15H,14H2,1-3H3. The van der Waals surface area contributed by atoms with E-state index in [1.165, 1.54) is 17.0 Å². The van der Waals surface area contributed by atoms with Crippen molar-refractivity contribution in [2.45, 2.75) is 33.3 Å². The highest BCUT2D eigenvalue weighted by Gasteiger charge is 2.21. The summed E-state index contributed by atoms with van der Waals surface area (Å²) in [5.41, 5.74) is 2.43. The lowest BCUT2D eigenvalue weighted by Crippen LogP contribution is -2.23. The number of nitrogens with zero attached hydrogens (tertiary/aromatic N) is 4. The molecule has 1 aromatic heterocycles. The van der Waals surface area contributed by atoms with Crippen LogP contribution in [0.4, 0.5) is 5.69 Å². The number of hydrogen-bond donors (Lipinski definition) is 0. The third-order valence-corrected chi connectivity index (χ3v) is 6.46. The highest BCUT2D eigenvalue weighted by molar-refractivity contribution is 9.10. The Morgan fingerprint density at radius 3 is 2.64 bits per heavy atom. The molecule has 0 aliphatic heterocycles. The zero-order valence-corrected chi connectivity index (χ0v) is 22.9. The molecule has 0 amide bonds. The maximum absolute atomic E-state index is 13.2. The van der Waals surface area contributed by atoms with Gasteiger partial charge in [0.25, 0.3) is 5.56 Å². The molecule has 0 spiro atoms. The second-order valence-electron chi connectivity index (χ2n) is 8.53. The number of aromatic nitrogens is 2. The van der Waals surface area contributed by atoms with Gasteiger partial charge in [0.05, 0.1) is 26.5 Å². The summed E-state index contributed by atoms with van der Waals surface area (Å²) in [7, 11) is 0. The zero-order valence-electron chi connectivity index (χ0n) is 19.7. The Morgan fingerprint density at radius 1 is 1.17 bits per heavy atom. The third kappa shape index (κ3) is 5.55. The van der Waals surface area contributed by atoms with Gasteiger partial charge in [-0.25, -0.2) is 4.98 Å². The van der Waals surface area contributed by atoms with E-state index in [-0.39, 0.29) is 29.5 Å². The molecule has 10 heteroatoms. The lowest BCUT2D eigenvalue weighted by Gasteiger charge is -2.12. The zero-order chi connectivity index (χ0) is 26.0. The van der Waals surface area contributed by atoms with Crippen LogP contribution >= 0.6 is 31.9 Å². The van der Waals surface area contributed by atoms with Gasteiger partial charge in [0.2, 0.25) is 5.75 Å². The second-order valence-corrected chi connectivity index (χ2v) is 10.3. The van der Waals surface area contributed by atoms with Crippen molar-refractivity contribution in [3.8, 4) is 5.75 Å². The molecule has 0 saturated heterocycles. The summed E-state index contributed by atoms with van der Waals surface area (Å²) in [6.45, 7) is 5.98. The van der Waals surface area contributed by atoms with Crippen molar-refractivity contribution >= 4 is 54.7 Å². The van der Waals surface area contributed by atoms with Crippen LogP contribution in [-0.4, -0.2) is 20.8 Å². The van der Waals surface area contributed by atoms with E-state index in [0.717, 1.165) is 15.6 Å². The van der Waals surface area contributed by atoms with Crippen molar-refractivity contribution in [1.82, 2.24) is 9.66 Å². The van der Waals surface area contributed by atoms with Crippen molar-refractivity contribution in [2.24, 2.45) is 5.10 Å². The highest BCUT2D eigenvalue weighted by Crippen LogP contribution is 2.36. The molecule has 0 N–H and O–H groups in total. The summed E-state index contributed by atoms with van der Waals surface area (Å²) in [6, 6.07) is 16.1. The van der Waals surface area contributed by atoms with E-state index in [0.29, 0.717) is 26.8 Å². The quantitative estimate of drug-likeness (QED) is 0.131. The first kappa shape index (κ1) is 25.7. The average Bonchev–Trinajstić information content (AvgIpc) is 2.82. The summed E-state index contributed by atoms with van der Waals surface area (Å²) >= 11 is 6.78. The summed E-state index contributed by atoms with van der Waals surface area (Å²) in [5, 5.41) is 16.6. The molecule has 36 heavy (non-hydrogen) atoms. The highest BCUT2D eigenvalue weighted by atomic mass is 79.9. The van der Waals surface area contributed by atoms with Crippen LogP contribution in [-0.2, 0) is 6.61 Å². The molecule has 4 rings (SSSR count). The minimum Gasteiger partial charge on any atom is -0.481 e. The molecule has 0 aliphatic carbocycles. The maximum Gasteiger partial charge on any atom is 0.312 e. The number of nitro groups is 1. The van der Waals surface area contributed by atoms with E-state index in [9.17, 15) is 14.9 Å². The molecular formula is C26H22Br2N4O4. The number of rotatable bonds is 7. The second kappa shape index (κ2) is 10.7. The Labute approximate surface area is 224 Å². The van der Waals surface area contributed by atoms with Gasteiger partial charge in [0.1, 0.15) is 12.4 Å². The Kier molecular flexibility index (Phi) is 7.65. The van der Waals surface area contributed by atoms with Gasteiger partial charge >= 0.3 is 5.69 Å². The molecule has 0 fully saturated rings. The van der Waals surface area contributed by atoms with Crippen molar-refractivity contribution in [3.63, 3.8) is 0 Å². The average molecular weight is 614 g/mol. The lowest BCUT2D eigenvalue weighted by atomic mass is 10.1. The Hall–Kier alpha value is -3.37. The van der Waals surface area contributed by atoms with Gasteiger partial charge in [0, 0.05) is 22.0 Å². The Morgan fingerprint density at radius 2 is 1.94 bits per heavy atom. The lowest BCUT2D eigenvalue weighted by molar-refractivity contribution is -0.386. The number of aryl methyl sites for hydroxylation is 1. The van der Waals surface area contributed by atoms with Gasteiger partial charge in [-0.05, 0) is 52.7 Å². The van der Waals surface area contributed by atoms with Gasteiger partial charge in [-0.15, -0.1) is 0 Å². The van der Waals surface area contributed by atoms with Gasteiger partial charge in [0.15, 0.2) is 0 Å². The molecule has 4 aromatic rings. The van der Waals surface area contributed by atoms with Crippen LogP contribution in [0.5, 0.6) is 5.75 Å². The molecule has 0 radical (unpaired) electrons. The van der Waals surface area contributed by atoms with Crippen LogP contribution < -0.4 is 10.3 Å². The minimum absolute atomic E-state index is 0.0821. The smallest absolute Gasteiger partial charge is 0.312 e. The minimum atomic E-state index is -0.505. The van der Waals surface area contributed by atoms with E-state index in [4.69, 9.17) is 4.74 Å². The molecule has 0 atom stereocenters. The van der Waals surface area contributed by atoms with Crippen molar-refractivity contribution in [2.75, 3.05) is 0 Å². The number of ether oxygens (including phenoxy) is 1. The third-order valence-electron chi connectivity index (χ3n) is 5.38. The molecule has 0 aliphatic rings. The number of nitro benzene ring substituents is 1. The number of benzene rings is 3. The first-order valence-corrected chi connectivity index (χ1v) is 12.7. The number of halogens is 2. The number of fused-ring (bicyclic) bond motifs is 1. The van der Waals surface area contributed by atoms with Crippen LogP contribution in [0.2, 0.25) is 0 Å². The monoisotopic (exact) mass is 612 g/mol. The topological polar surface area (TPSA) is 99.6 Å². The molecule has 1 heterocycles. The van der Waals surface area contributed by atoms with Crippen LogP contribution in [0.1, 0.15) is 42.3 Å². The summed E-state index contributed by atoms with van der Waals surface area (Å²) in [6.07, 6.45) is 1.40. The van der Waals surface area contributed by atoms with Crippen molar-refractivity contribution in [1.29, 1.82) is 0 Å². The van der Waals surface area contributed by atoms with Crippen LogP contribution in [0.15, 0.2) is 73.4 Å². The predicted molar refractivity (Wildman–Crippen MR) is 147 cm³/mol. The Bertz CT molecular complexity index is 1560. The van der Waals surface area contributed by atoms with E-state index >= 15 is 0 Å². The summed E-state index contributed by atoms with van der Waals surface area (Å²) in [5.74, 6) is 0.523. The van der Waals surface area contributed by atoms with E-state index in [2.05, 4.69) is 41.9 Å². The van der Waals surface area contributed by atoms with Gasteiger partial charge < -0.3 is 4.74 Å². The van der Waals surface area contributed by atoms with Crippen molar-refractivity contribution < 1.29 is 9.66 Å². The Balaban J connectivity index is 1.72. The molecule has 3 aromatic carbocycles. The summed E-state index contributed by atoms with van der Waals surface area (Å²) in [4.78, 5) is 29.2. The molecule has 184 valence electrons. The maximum atomic E-state index is 13.2. The fraction of sp³-hybridized carbons (Fsp3) is 0.192. The predicted octanol–water partition coefficient (Wildman–Crippen LogP) is 6.72. The number of hydrogen-bond acceptors (Lipinski definition) is 6. The molecule has 8 nitrogen and oxygen atoms in total. The molecule has 0 unspecified atom stereocenters. The van der Waals surface area contributed by atoms with Crippen LogP contribution in [0, 0.1) is 17.0 Å². The van der Waals surface area contributed by atoms with Gasteiger partial charge in [-0.2, -0.15) is 9.78 Å². The first-order chi connectivity index (χ1) is 17.1. The molecule has 0 saturated carbocycles. The van der Waals surface area contributed by atoms with E-state index < -0.39 is 4.92 Å². The van der Waals surface area contributed by atoms with Gasteiger partial charge in [-0.1, -0.05) is 59.6 Å². The van der Waals surface area contributed by atoms with E-state index in [1.54, 1.807) is 18.2 Å². The molecular weight excluding hydrogens is 592 g/mol. The van der Waals surface area contributed by atoms with Gasteiger partial charge in [-0.3, -0.25) is 14.9 Å².